The summed E-state index contributed by atoms with van der Waals surface area (Å²) in [5.41, 5.74) is 1.03. The van der Waals surface area contributed by atoms with Crippen molar-refractivity contribution in [3.05, 3.63) is 35.9 Å². The molecule has 1 aromatic rings. The molecule has 20 heavy (non-hydrogen) atoms. The molecule has 1 aliphatic rings. The van der Waals surface area contributed by atoms with Gasteiger partial charge >= 0.3 is 0 Å². The van der Waals surface area contributed by atoms with Crippen molar-refractivity contribution in [1.29, 1.82) is 5.26 Å². The number of rotatable bonds is 3. The van der Waals surface area contributed by atoms with Gasteiger partial charge in [0.25, 0.3) is 0 Å². The SMILES string of the molecule is C[C@@H](N[C@]1(C#N)CCC[C@@H]1C(C)(C)C)c1ccccc1. The Hall–Kier alpha value is -1.33. The molecule has 0 bridgehead atoms. The summed E-state index contributed by atoms with van der Waals surface area (Å²) in [5.74, 6) is 0.408. The second-order valence-corrected chi connectivity index (χ2v) is 7.17. The van der Waals surface area contributed by atoms with Crippen LogP contribution in [0.1, 0.15) is 58.6 Å². The second kappa shape index (κ2) is 5.58. The Kier molecular flexibility index (Phi) is 4.20. The minimum absolute atomic E-state index is 0.162. The normalized spacial score (nSPS) is 28.1. The third-order valence-electron chi connectivity index (χ3n) is 4.68. The van der Waals surface area contributed by atoms with Crippen LogP contribution in [0.4, 0.5) is 0 Å². The minimum atomic E-state index is -0.381. The molecule has 0 heterocycles. The molecule has 2 nitrogen and oxygen atoms in total. The zero-order valence-electron chi connectivity index (χ0n) is 13.1. The summed E-state index contributed by atoms with van der Waals surface area (Å²) in [6.07, 6.45) is 3.25. The molecule has 0 aromatic heterocycles. The van der Waals surface area contributed by atoms with Crippen molar-refractivity contribution in [3.8, 4) is 6.07 Å². The first-order valence-electron chi connectivity index (χ1n) is 7.63. The lowest BCUT2D eigenvalue weighted by molar-refractivity contribution is 0.153. The summed E-state index contributed by atoms with van der Waals surface area (Å²) in [5, 5.41) is 13.5. The third kappa shape index (κ3) is 2.88. The lowest BCUT2D eigenvalue weighted by Crippen LogP contribution is -2.51. The van der Waals surface area contributed by atoms with Crippen molar-refractivity contribution in [2.75, 3.05) is 0 Å². The third-order valence-corrected chi connectivity index (χ3v) is 4.68. The molecule has 1 aromatic carbocycles. The monoisotopic (exact) mass is 270 g/mol. The van der Waals surface area contributed by atoms with Crippen LogP contribution in [0.25, 0.3) is 0 Å². The zero-order chi connectivity index (χ0) is 14.8. The Morgan fingerprint density at radius 3 is 2.50 bits per heavy atom. The lowest BCUT2D eigenvalue weighted by Gasteiger charge is -2.40. The van der Waals surface area contributed by atoms with Gasteiger partial charge in [0.05, 0.1) is 6.07 Å². The van der Waals surface area contributed by atoms with Gasteiger partial charge in [0, 0.05) is 6.04 Å². The number of nitriles is 1. The van der Waals surface area contributed by atoms with Gasteiger partial charge in [0.15, 0.2) is 0 Å². The molecule has 1 N–H and O–H groups in total. The van der Waals surface area contributed by atoms with Crippen LogP contribution in [0.3, 0.4) is 0 Å². The zero-order valence-corrected chi connectivity index (χ0v) is 13.1. The standard InChI is InChI=1S/C18H26N2/c1-14(15-9-6-5-7-10-15)20-18(13-19)12-8-11-16(18)17(2,3)4/h5-7,9-10,14,16,20H,8,11-12H2,1-4H3/t14-,16-,18+/m1/s1. The highest BCUT2D eigenvalue weighted by Gasteiger charge is 2.49. The van der Waals surface area contributed by atoms with E-state index in [9.17, 15) is 5.26 Å². The molecular weight excluding hydrogens is 244 g/mol. The van der Waals surface area contributed by atoms with Crippen molar-refractivity contribution in [2.24, 2.45) is 11.3 Å². The molecule has 1 saturated carbocycles. The van der Waals surface area contributed by atoms with E-state index in [2.05, 4.69) is 63.3 Å². The highest BCUT2D eigenvalue weighted by molar-refractivity contribution is 5.23. The van der Waals surface area contributed by atoms with Gasteiger partial charge in [-0.05, 0) is 36.7 Å². The molecule has 3 atom stereocenters. The van der Waals surface area contributed by atoms with Crippen LogP contribution in [0.2, 0.25) is 0 Å². The molecule has 2 heteroatoms. The lowest BCUT2D eigenvalue weighted by atomic mass is 9.71. The topological polar surface area (TPSA) is 35.8 Å². The first kappa shape index (κ1) is 15.1. The van der Waals surface area contributed by atoms with Gasteiger partial charge < -0.3 is 0 Å². The molecule has 1 fully saturated rings. The predicted molar refractivity (Wildman–Crippen MR) is 83.1 cm³/mol. The first-order valence-corrected chi connectivity index (χ1v) is 7.63. The average Bonchev–Trinajstić information content (AvgIpc) is 2.84. The molecule has 108 valence electrons. The Morgan fingerprint density at radius 1 is 1.30 bits per heavy atom. The number of hydrogen-bond acceptors (Lipinski definition) is 2. The Balaban J connectivity index is 2.22. The van der Waals surface area contributed by atoms with Crippen molar-refractivity contribution < 1.29 is 0 Å². The smallest absolute Gasteiger partial charge is 0.110 e. The van der Waals surface area contributed by atoms with Gasteiger partial charge in [0.1, 0.15) is 5.54 Å². The van der Waals surface area contributed by atoms with Crippen LogP contribution in [0, 0.1) is 22.7 Å². The molecular formula is C18H26N2. The van der Waals surface area contributed by atoms with Gasteiger partial charge in [-0.1, -0.05) is 57.5 Å². The highest BCUT2D eigenvalue weighted by Crippen LogP contribution is 2.46. The van der Waals surface area contributed by atoms with Crippen LogP contribution in [-0.2, 0) is 0 Å². The predicted octanol–water partition coefficient (Wildman–Crippen LogP) is 4.45. The molecule has 0 aliphatic heterocycles. The summed E-state index contributed by atoms with van der Waals surface area (Å²) >= 11 is 0. The van der Waals surface area contributed by atoms with E-state index in [1.54, 1.807) is 0 Å². The van der Waals surface area contributed by atoms with Crippen molar-refractivity contribution in [1.82, 2.24) is 5.32 Å². The van der Waals surface area contributed by atoms with E-state index in [0.29, 0.717) is 5.92 Å². The van der Waals surface area contributed by atoms with E-state index >= 15 is 0 Å². The molecule has 0 radical (unpaired) electrons. The summed E-state index contributed by atoms with van der Waals surface area (Å²) in [7, 11) is 0. The number of nitrogens with zero attached hydrogens (tertiary/aromatic N) is 1. The fourth-order valence-corrected chi connectivity index (χ4v) is 3.73. The summed E-state index contributed by atoms with van der Waals surface area (Å²) in [6.45, 7) is 8.92. The fraction of sp³-hybridized carbons (Fsp3) is 0.611. The first-order chi connectivity index (χ1) is 9.39. The largest absolute Gasteiger partial charge is 0.292 e. The van der Waals surface area contributed by atoms with E-state index < -0.39 is 0 Å². The maximum absolute atomic E-state index is 9.83. The highest BCUT2D eigenvalue weighted by atomic mass is 15.0. The Bertz CT molecular complexity index is 480. The molecule has 1 aliphatic carbocycles. The quantitative estimate of drug-likeness (QED) is 0.881. The van der Waals surface area contributed by atoms with E-state index in [-0.39, 0.29) is 17.0 Å². The van der Waals surface area contributed by atoms with Crippen molar-refractivity contribution >= 4 is 0 Å². The molecule has 0 amide bonds. The van der Waals surface area contributed by atoms with Crippen molar-refractivity contribution in [2.45, 2.75) is 58.5 Å². The van der Waals surface area contributed by atoms with E-state index in [0.717, 1.165) is 19.3 Å². The van der Waals surface area contributed by atoms with Gasteiger partial charge in [0.2, 0.25) is 0 Å². The maximum Gasteiger partial charge on any atom is 0.110 e. The second-order valence-electron chi connectivity index (χ2n) is 7.17. The Morgan fingerprint density at radius 2 is 1.95 bits per heavy atom. The fourth-order valence-electron chi connectivity index (χ4n) is 3.73. The van der Waals surface area contributed by atoms with Gasteiger partial charge in [-0.3, -0.25) is 5.32 Å². The maximum atomic E-state index is 9.83. The average molecular weight is 270 g/mol. The summed E-state index contributed by atoms with van der Waals surface area (Å²) < 4.78 is 0. The van der Waals surface area contributed by atoms with Crippen LogP contribution in [0.15, 0.2) is 30.3 Å². The minimum Gasteiger partial charge on any atom is -0.292 e. The number of nitrogens with one attached hydrogen (secondary N) is 1. The summed E-state index contributed by atoms with van der Waals surface area (Å²) in [4.78, 5) is 0. The molecule has 0 spiro atoms. The molecule has 0 unspecified atom stereocenters. The van der Waals surface area contributed by atoms with Crippen molar-refractivity contribution in [3.63, 3.8) is 0 Å². The van der Waals surface area contributed by atoms with Crippen LogP contribution >= 0.6 is 0 Å². The Labute approximate surface area is 123 Å². The molecule has 2 rings (SSSR count). The van der Waals surface area contributed by atoms with Crippen LogP contribution in [0.5, 0.6) is 0 Å². The number of benzene rings is 1. The van der Waals surface area contributed by atoms with Crippen LogP contribution in [-0.4, -0.2) is 5.54 Å². The van der Waals surface area contributed by atoms with E-state index in [1.807, 2.05) is 6.07 Å². The van der Waals surface area contributed by atoms with Gasteiger partial charge in [-0.15, -0.1) is 0 Å². The van der Waals surface area contributed by atoms with Crippen LogP contribution < -0.4 is 5.32 Å². The number of hydrogen-bond donors (Lipinski definition) is 1. The van der Waals surface area contributed by atoms with E-state index in [4.69, 9.17) is 0 Å². The summed E-state index contributed by atoms with van der Waals surface area (Å²) in [6, 6.07) is 13.2. The van der Waals surface area contributed by atoms with E-state index in [1.165, 1.54) is 5.56 Å². The van der Waals surface area contributed by atoms with Gasteiger partial charge in [-0.2, -0.15) is 5.26 Å². The van der Waals surface area contributed by atoms with Gasteiger partial charge in [-0.25, -0.2) is 0 Å². The molecule has 0 saturated heterocycles.